The summed E-state index contributed by atoms with van der Waals surface area (Å²) in [4.78, 5) is 25.6. The molecule has 7 nitrogen and oxygen atoms in total. The molecular formula is C13H7Cl3N2O5. The van der Waals surface area contributed by atoms with Crippen molar-refractivity contribution in [3.8, 4) is 11.6 Å². The van der Waals surface area contributed by atoms with E-state index < -0.39 is 16.6 Å². The van der Waals surface area contributed by atoms with Gasteiger partial charge in [-0.2, -0.15) is 0 Å². The molecule has 1 aromatic heterocycles. The van der Waals surface area contributed by atoms with E-state index in [1.807, 2.05) is 0 Å². The molecule has 2 rings (SSSR count). The summed E-state index contributed by atoms with van der Waals surface area (Å²) in [6, 6.07) is 3.61. The first-order valence-electron chi connectivity index (χ1n) is 5.88. The quantitative estimate of drug-likeness (QED) is 0.336. The summed E-state index contributed by atoms with van der Waals surface area (Å²) >= 11 is 17.6. The zero-order valence-electron chi connectivity index (χ0n) is 11.4. The van der Waals surface area contributed by atoms with Crippen LogP contribution in [0.4, 0.5) is 5.69 Å². The van der Waals surface area contributed by atoms with E-state index in [1.165, 1.54) is 12.1 Å². The van der Waals surface area contributed by atoms with Gasteiger partial charge in [0.2, 0.25) is 0 Å². The van der Waals surface area contributed by atoms with Crippen molar-refractivity contribution in [2.75, 3.05) is 7.11 Å². The van der Waals surface area contributed by atoms with Crippen molar-refractivity contribution in [2.24, 2.45) is 0 Å². The molecule has 0 aliphatic rings. The van der Waals surface area contributed by atoms with Gasteiger partial charge in [0.15, 0.2) is 0 Å². The van der Waals surface area contributed by atoms with E-state index in [4.69, 9.17) is 39.5 Å². The number of carbonyl (C=O) groups is 1. The Balaban J connectivity index is 2.46. The van der Waals surface area contributed by atoms with E-state index >= 15 is 0 Å². The predicted molar refractivity (Wildman–Crippen MR) is 83.8 cm³/mol. The smallest absolute Gasteiger partial charge is 0.339 e. The molecule has 0 amide bonds. The Bertz CT molecular complexity index is 797. The van der Waals surface area contributed by atoms with E-state index in [2.05, 4.69) is 9.72 Å². The highest BCUT2D eigenvalue weighted by Crippen LogP contribution is 2.38. The molecular weight excluding hydrogens is 371 g/mol. The van der Waals surface area contributed by atoms with Crippen LogP contribution in [0.2, 0.25) is 15.1 Å². The first-order chi connectivity index (χ1) is 10.8. The third kappa shape index (κ3) is 3.82. The second-order valence-corrected chi connectivity index (χ2v) is 5.32. The number of hydrogen-bond donors (Lipinski definition) is 0. The molecule has 0 bridgehead atoms. The van der Waals surface area contributed by atoms with Gasteiger partial charge in [-0.3, -0.25) is 10.1 Å². The van der Waals surface area contributed by atoms with Gasteiger partial charge in [-0.1, -0.05) is 34.8 Å². The largest absolute Gasteiger partial charge is 0.465 e. The summed E-state index contributed by atoms with van der Waals surface area (Å²) in [5, 5.41) is 11.6. The number of methoxy groups -OCH3 is 1. The van der Waals surface area contributed by atoms with Crippen LogP contribution in [-0.2, 0) is 4.74 Å². The number of esters is 1. The van der Waals surface area contributed by atoms with Crippen molar-refractivity contribution in [1.29, 1.82) is 0 Å². The third-order valence-corrected chi connectivity index (χ3v) is 3.65. The van der Waals surface area contributed by atoms with Gasteiger partial charge in [0.05, 0.1) is 32.7 Å². The van der Waals surface area contributed by atoms with Gasteiger partial charge in [0.25, 0.3) is 5.88 Å². The SMILES string of the molecule is COC(=O)c1cnc(Oc2cc(Cl)c(Cl)cc2Cl)c([N+](=O)[O-])c1. The number of carbonyl (C=O) groups excluding carboxylic acids is 1. The lowest BCUT2D eigenvalue weighted by Gasteiger charge is -2.09. The predicted octanol–water partition coefficient (Wildman–Crippen LogP) is 4.53. The average molecular weight is 378 g/mol. The minimum atomic E-state index is -0.764. The summed E-state index contributed by atoms with van der Waals surface area (Å²) in [7, 11) is 1.15. The number of benzene rings is 1. The Kier molecular flexibility index (Phi) is 5.25. The van der Waals surface area contributed by atoms with Crippen LogP contribution < -0.4 is 4.74 Å². The summed E-state index contributed by atoms with van der Waals surface area (Å²) in [6.45, 7) is 0. The fraction of sp³-hybridized carbons (Fsp3) is 0.0769. The van der Waals surface area contributed by atoms with E-state index in [0.29, 0.717) is 0 Å². The highest BCUT2D eigenvalue weighted by Gasteiger charge is 2.22. The van der Waals surface area contributed by atoms with Crippen LogP contribution in [-0.4, -0.2) is 23.0 Å². The van der Waals surface area contributed by atoms with Crippen LogP contribution in [0.1, 0.15) is 10.4 Å². The molecule has 23 heavy (non-hydrogen) atoms. The molecule has 0 aliphatic carbocycles. The molecule has 0 fully saturated rings. The van der Waals surface area contributed by atoms with Gasteiger partial charge in [-0.15, -0.1) is 0 Å². The average Bonchev–Trinajstić information content (AvgIpc) is 2.51. The number of aromatic nitrogens is 1. The summed E-state index contributed by atoms with van der Waals surface area (Å²) in [5.41, 5.74) is -0.623. The molecule has 0 radical (unpaired) electrons. The van der Waals surface area contributed by atoms with Crippen molar-refractivity contribution in [2.45, 2.75) is 0 Å². The lowest BCUT2D eigenvalue weighted by molar-refractivity contribution is -0.386. The molecule has 0 aliphatic heterocycles. The third-order valence-electron chi connectivity index (χ3n) is 2.63. The van der Waals surface area contributed by atoms with Gasteiger partial charge >= 0.3 is 11.7 Å². The summed E-state index contributed by atoms with van der Waals surface area (Å²) < 4.78 is 9.81. The number of pyridine rings is 1. The lowest BCUT2D eigenvalue weighted by Crippen LogP contribution is -2.04. The standard InChI is InChI=1S/C13H7Cl3N2O5/c1-22-13(19)6-2-10(18(20)21)12(17-5-6)23-11-4-8(15)7(14)3-9(11)16/h2-5H,1H3. The monoisotopic (exact) mass is 376 g/mol. The van der Waals surface area contributed by atoms with Crippen molar-refractivity contribution >= 4 is 46.5 Å². The zero-order chi connectivity index (χ0) is 17.1. The molecule has 10 heteroatoms. The number of ether oxygens (including phenoxy) is 2. The van der Waals surface area contributed by atoms with Crippen LogP contribution in [0, 0.1) is 10.1 Å². The summed E-state index contributed by atoms with van der Waals surface area (Å²) in [5.74, 6) is -1.09. The Hall–Kier alpha value is -2.09. The van der Waals surface area contributed by atoms with Crippen molar-refractivity contribution in [1.82, 2.24) is 4.98 Å². The van der Waals surface area contributed by atoms with Crippen molar-refractivity contribution in [3.63, 3.8) is 0 Å². The fourth-order valence-electron chi connectivity index (χ4n) is 1.57. The molecule has 120 valence electrons. The molecule has 2 aromatic rings. The Morgan fingerprint density at radius 3 is 2.43 bits per heavy atom. The molecule has 0 spiro atoms. The molecule has 1 heterocycles. The fourth-order valence-corrected chi connectivity index (χ4v) is 2.14. The minimum Gasteiger partial charge on any atom is -0.465 e. The Morgan fingerprint density at radius 2 is 1.83 bits per heavy atom. The Labute approximate surface area is 144 Å². The number of halogens is 3. The second-order valence-electron chi connectivity index (χ2n) is 4.10. The first-order valence-corrected chi connectivity index (χ1v) is 7.02. The maximum Gasteiger partial charge on any atom is 0.339 e. The van der Waals surface area contributed by atoms with Gasteiger partial charge in [-0.05, 0) is 6.07 Å². The van der Waals surface area contributed by atoms with Crippen molar-refractivity contribution in [3.05, 3.63) is 55.1 Å². The van der Waals surface area contributed by atoms with Crippen LogP contribution in [0.15, 0.2) is 24.4 Å². The Morgan fingerprint density at radius 1 is 1.17 bits per heavy atom. The minimum absolute atomic E-state index is 0.0301. The topological polar surface area (TPSA) is 91.6 Å². The number of nitrogens with zero attached hydrogens (tertiary/aromatic N) is 2. The van der Waals surface area contributed by atoms with Gasteiger partial charge in [0, 0.05) is 18.3 Å². The maximum atomic E-state index is 11.4. The van der Waals surface area contributed by atoms with Gasteiger partial charge in [0.1, 0.15) is 5.75 Å². The zero-order valence-corrected chi connectivity index (χ0v) is 13.6. The highest BCUT2D eigenvalue weighted by molar-refractivity contribution is 6.43. The molecule has 0 unspecified atom stereocenters. The van der Waals surface area contributed by atoms with Crippen molar-refractivity contribution < 1.29 is 19.2 Å². The van der Waals surface area contributed by atoms with Gasteiger partial charge < -0.3 is 9.47 Å². The van der Waals surface area contributed by atoms with E-state index in [1.54, 1.807) is 0 Å². The number of nitro groups is 1. The highest BCUT2D eigenvalue weighted by atomic mass is 35.5. The summed E-state index contributed by atoms with van der Waals surface area (Å²) in [6.07, 6.45) is 1.08. The number of rotatable bonds is 4. The first kappa shape index (κ1) is 17.3. The lowest BCUT2D eigenvalue weighted by atomic mass is 10.2. The normalized spacial score (nSPS) is 10.3. The second kappa shape index (κ2) is 6.99. The number of hydrogen-bond acceptors (Lipinski definition) is 6. The maximum absolute atomic E-state index is 11.4. The van der Waals surface area contributed by atoms with Gasteiger partial charge in [-0.25, -0.2) is 9.78 Å². The molecule has 0 atom stereocenters. The molecule has 0 N–H and O–H groups in total. The van der Waals surface area contributed by atoms with E-state index in [0.717, 1.165) is 19.4 Å². The van der Waals surface area contributed by atoms with Crippen LogP contribution in [0.5, 0.6) is 11.6 Å². The molecule has 0 saturated carbocycles. The van der Waals surface area contributed by atoms with E-state index in [9.17, 15) is 14.9 Å². The van der Waals surface area contributed by atoms with Crippen LogP contribution in [0.3, 0.4) is 0 Å². The van der Waals surface area contributed by atoms with Crippen LogP contribution in [0.25, 0.3) is 0 Å². The van der Waals surface area contributed by atoms with E-state index in [-0.39, 0.29) is 32.3 Å². The molecule has 0 saturated heterocycles. The van der Waals surface area contributed by atoms with Crippen LogP contribution >= 0.6 is 34.8 Å². The molecule has 1 aromatic carbocycles.